The summed E-state index contributed by atoms with van der Waals surface area (Å²) in [6, 6.07) is 11.5. The Morgan fingerprint density at radius 1 is 1.35 bits per heavy atom. The van der Waals surface area contributed by atoms with E-state index in [0.717, 1.165) is 5.46 Å². The maximum Gasteiger partial charge on any atom is 0.494 e. The summed E-state index contributed by atoms with van der Waals surface area (Å²) in [4.78, 5) is 11.0. The second kappa shape index (κ2) is 5.52. The van der Waals surface area contributed by atoms with Crippen molar-refractivity contribution in [2.24, 2.45) is 0 Å². The average Bonchev–Trinajstić information content (AvgIpc) is 3.07. The van der Waals surface area contributed by atoms with Crippen LogP contribution in [0.25, 0.3) is 0 Å². The number of nitrogens with one attached hydrogen (secondary N) is 1. The zero-order valence-electron chi connectivity index (χ0n) is 11.0. The van der Waals surface area contributed by atoms with Gasteiger partial charge in [-0.1, -0.05) is 30.3 Å². The lowest BCUT2D eigenvalue weighted by atomic mass is 9.79. The molecule has 1 aliphatic heterocycles. The molecule has 0 saturated carbocycles. The van der Waals surface area contributed by atoms with Crippen molar-refractivity contribution in [2.45, 2.75) is 13.0 Å². The molecule has 5 nitrogen and oxygen atoms in total. The SMILES string of the molecule is CC(=O)Nc1coc([C@@H]2COB(c3ccccc3)O2)c1. The number of hydrogen-bond donors (Lipinski definition) is 1. The van der Waals surface area contributed by atoms with Crippen LogP contribution in [0.1, 0.15) is 18.8 Å². The Balaban J connectivity index is 1.68. The van der Waals surface area contributed by atoms with Gasteiger partial charge in [0.1, 0.15) is 18.1 Å². The number of furan rings is 1. The molecule has 1 fully saturated rings. The Morgan fingerprint density at radius 2 is 2.15 bits per heavy atom. The van der Waals surface area contributed by atoms with Crippen molar-refractivity contribution in [1.82, 2.24) is 0 Å². The molecule has 1 aromatic heterocycles. The van der Waals surface area contributed by atoms with E-state index in [2.05, 4.69) is 5.32 Å². The van der Waals surface area contributed by atoms with E-state index in [1.165, 1.54) is 13.2 Å². The van der Waals surface area contributed by atoms with Crippen LogP contribution in [0.4, 0.5) is 5.69 Å². The predicted octanol–water partition coefficient (Wildman–Crippen LogP) is 1.72. The summed E-state index contributed by atoms with van der Waals surface area (Å²) in [5.41, 5.74) is 1.60. The summed E-state index contributed by atoms with van der Waals surface area (Å²) < 4.78 is 16.9. The molecule has 102 valence electrons. The van der Waals surface area contributed by atoms with Crippen molar-refractivity contribution < 1.29 is 18.5 Å². The van der Waals surface area contributed by atoms with Crippen LogP contribution in [0.5, 0.6) is 0 Å². The van der Waals surface area contributed by atoms with E-state index in [0.29, 0.717) is 18.1 Å². The van der Waals surface area contributed by atoms with Crippen LogP contribution in [0.15, 0.2) is 47.1 Å². The van der Waals surface area contributed by atoms with Crippen LogP contribution in [0.2, 0.25) is 0 Å². The molecule has 0 radical (unpaired) electrons. The molecule has 0 bridgehead atoms. The van der Waals surface area contributed by atoms with E-state index < -0.39 is 0 Å². The highest BCUT2D eigenvalue weighted by Gasteiger charge is 2.35. The minimum atomic E-state index is -0.379. The minimum absolute atomic E-state index is 0.136. The highest BCUT2D eigenvalue weighted by Crippen LogP contribution is 2.28. The highest BCUT2D eigenvalue weighted by atomic mass is 16.6. The van der Waals surface area contributed by atoms with Crippen LogP contribution in [0.3, 0.4) is 0 Å². The van der Waals surface area contributed by atoms with Gasteiger partial charge in [-0.3, -0.25) is 4.79 Å². The van der Waals surface area contributed by atoms with Crippen molar-refractivity contribution in [3.8, 4) is 0 Å². The number of benzene rings is 1. The van der Waals surface area contributed by atoms with E-state index in [-0.39, 0.29) is 19.1 Å². The first-order chi connectivity index (χ1) is 9.72. The van der Waals surface area contributed by atoms with Gasteiger partial charge in [-0.25, -0.2) is 0 Å². The van der Waals surface area contributed by atoms with Crippen LogP contribution >= 0.6 is 0 Å². The standard InChI is InChI=1S/C14H14BNO4/c1-10(17)16-12-7-13(18-8-12)14-9-19-15(20-14)11-5-3-2-4-6-11/h2-8,14H,9H2,1H3,(H,16,17)/t14-/m0/s1. The molecule has 2 heterocycles. The molecule has 1 aromatic carbocycles. The third-order valence-corrected chi connectivity index (χ3v) is 3.02. The summed E-state index contributed by atoms with van der Waals surface area (Å²) in [6.45, 7) is 1.87. The van der Waals surface area contributed by atoms with Gasteiger partial charge >= 0.3 is 7.12 Å². The molecule has 20 heavy (non-hydrogen) atoms. The lowest BCUT2D eigenvalue weighted by molar-refractivity contribution is -0.114. The van der Waals surface area contributed by atoms with E-state index in [9.17, 15) is 4.79 Å². The van der Waals surface area contributed by atoms with Crippen LogP contribution in [-0.2, 0) is 14.1 Å². The molecule has 1 aliphatic rings. The predicted molar refractivity (Wildman–Crippen MR) is 74.6 cm³/mol. The molecule has 0 unspecified atom stereocenters. The molecule has 2 aromatic rings. The number of carbonyl (C=O) groups is 1. The number of anilines is 1. The summed E-state index contributed by atoms with van der Waals surface area (Å²) in [5.74, 6) is 0.510. The monoisotopic (exact) mass is 271 g/mol. The van der Waals surface area contributed by atoms with Gasteiger partial charge in [0, 0.05) is 13.0 Å². The normalized spacial score (nSPS) is 18.2. The molecular weight excluding hydrogens is 257 g/mol. The summed E-state index contributed by atoms with van der Waals surface area (Å²) in [6.07, 6.45) is 1.23. The Hall–Kier alpha value is -2.05. The average molecular weight is 271 g/mol. The van der Waals surface area contributed by atoms with Gasteiger partial charge in [-0.2, -0.15) is 0 Å². The van der Waals surface area contributed by atoms with Crippen molar-refractivity contribution in [3.63, 3.8) is 0 Å². The smallest absolute Gasteiger partial charge is 0.464 e. The Morgan fingerprint density at radius 3 is 2.90 bits per heavy atom. The molecule has 0 aliphatic carbocycles. The fourth-order valence-electron chi connectivity index (χ4n) is 2.13. The zero-order chi connectivity index (χ0) is 13.9. The lowest BCUT2D eigenvalue weighted by Crippen LogP contribution is -2.31. The van der Waals surface area contributed by atoms with Crippen LogP contribution in [-0.4, -0.2) is 19.6 Å². The largest absolute Gasteiger partial charge is 0.494 e. The topological polar surface area (TPSA) is 60.7 Å². The number of hydrogen-bond acceptors (Lipinski definition) is 4. The van der Waals surface area contributed by atoms with Gasteiger partial charge < -0.3 is 19.0 Å². The van der Waals surface area contributed by atoms with Crippen LogP contribution in [0, 0.1) is 0 Å². The minimum Gasteiger partial charge on any atom is -0.464 e. The quantitative estimate of drug-likeness (QED) is 0.863. The van der Waals surface area contributed by atoms with Gasteiger partial charge in [-0.05, 0) is 5.46 Å². The zero-order valence-corrected chi connectivity index (χ0v) is 11.0. The fourth-order valence-corrected chi connectivity index (χ4v) is 2.13. The second-order valence-electron chi connectivity index (χ2n) is 4.62. The first-order valence-electron chi connectivity index (χ1n) is 6.40. The fraction of sp³-hybridized carbons (Fsp3) is 0.214. The van der Waals surface area contributed by atoms with Crippen molar-refractivity contribution in [1.29, 1.82) is 0 Å². The molecule has 1 saturated heterocycles. The molecular formula is C14H14BNO4. The van der Waals surface area contributed by atoms with Crippen molar-refractivity contribution in [2.75, 3.05) is 11.9 Å². The maximum absolute atomic E-state index is 11.0. The Bertz CT molecular complexity index is 598. The van der Waals surface area contributed by atoms with E-state index >= 15 is 0 Å². The van der Waals surface area contributed by atoms with Crippen molar-refractivity contribution in [3.05, 3.63) is 48.4 Å². The van der Waals surface area contributed by atoms with Gasteiger partial charge in [0.25, 0.3) is 0 Å². The maximum atomic E-state index is 11.0. The molecule has 0 spiro atoms. The number of rotatable bonds is 3. The molecule has 1 atom stereocenters. The first-order valence-corrected chi connectivity index (χ1v) is 6.40. The highest BCUT2D eigenvalue weighted by molar-refractivity contribution is 6.61. The van der Waals surface area contributed by atoms with Gasteiger partial charge in [0.15, 0.2) is 0 Å². The third kappa shape index (κ3) is 2.76. The van der Waals surface area contributed by atoms with Gasteiger partial charge in [0.2, 0.25) is 5.91 Å². The molecule has 6 heteroatoms. The summed E-state index contributed by atoms with van der Waals surface area (Å²) in [5, 5.41) is 2.66. The number of amides is 1. The molecule has 1 N–H and O–H groups in total. The third-order valence-electron chi connectivity index (χ3n) is 3.02. The first kappa shape index (κ1) is 13.0. The number of carbonyl (C=O) groups excluding carboxylic acids is 1. The van der Waals surface area contributed by atoms with E-state index in [4.69, 9.17) is 13.7 Å². The molecule has 3 rings (SSSR count). The Labute approximate surface area is 117 Å². The Kier molecular flexibility index (Phi) is 3.58. The van der Waals surface area contributed by atoms with Gasteiger partial charge in [-0.15, -0.1) is 0 Å². The van der Waals surface area contributed by atoms with Gasteiger partial charge in [0.05, 0.1) is 12.3 Å². The molecule has 1 amide bonds. The lowest BCUT2D eigenvalue weighted by Gasteiger charge is -2.06. The van der Waals surface area contributed by atoms with E-state index in [1.54, 1.807) is 6.07 Å². The van der Waals surface area contributed by atoms with Crippen LogP contribution < -0.4 is 10.8 Å². The van der Waals surface area contributed by atoms with Crippen molar-refractivity contribution >= 4 is 24.2 Å². The summed E-state index contributed by atoms with van der Waals surface area (Å²) >= 11 is 0. The van der Waals surface area contributed by atoms with E-state index in [1.807, 2.05) is 30.3 Å². The summed E-state index contributed by atoms with van der Waals surface area (Å²) in [7, 11) is -0.379. The second-order valence-corrected chi connectivity index (χ2v) is 4.62.